The molecule has 20 heavy (non-hydrogen) atoms. The highest BCUT2D eigenvalue weighted by atomic mass is 16.7. The normalized spacial score (nSPS) is 41.1. The van der Waals surface area contributed by atoms with Gasteiger partial charge < -0.3 is 29.2 Å². The molecule has 0 amide bonds. The van der Waals surface area contributed by atoms with E-state index >= 15 is 0 Å². The molecule has 2 fully saturated rings. The number of hydrogen-bond donors (Lipinski definition) is 2. The SMILES string of the molecule is CO[C@@H]1O[C@H]2CO[C@@H](c3ccccc3)O[C@H]2[C@@H](O)[C@H]1O. The van der Waals surface area contributed by atoms with Crippen molar-refractivity contribution in [2.45, 2.75) is 37.0 Å². The van der Waals surface area contributed by atoms with E-state index in [-0.39, 0.29) is 6.61 Å². The topological polar surface area (TPSA) is 77.4 Å². The number of methoxy groups -OCH3 is 1. The van der Waals surface area contributed by atoms with Crippen molar-refractivity contribution in [3.63, 3.8) is 0 Å². The molecule has 2 N–H and O–H groups in total. The van der Waals surface area contributed by atoms with Crippen LogP contribution in [0.5, 0.6) is 0 Å². The Morgan fingerprint density at radius 3 is 2.55 bits per heavy atom. The Bertz CT molecular complexity index is 437. The van der Waals surface area contributed by atoms with E-state index in [9.17, 15) is 10.2 Å². The van der Waals surface area contributed by atoms with Crippen LogP contribution in [0.2, 0.25) is 0 Å². The Balaban J connectivity index is 1.74. The van der Waals surface area contributed by atoms with Gasteiger partial charge in [-0.2, -0.15) is 0 Å². The average molecular weight is 282 g/mol. The number of fused-ring (bicyclic) bond motifs is 1. The lowest BCUT2D eigenvalue weighted by Gasteiger charge is -2.45. The van der Waals surface area contributed by atoms with Crippen LogP contribution >= 0.6 is 0 Å². The minimum atomic E-state index is -1.14. The van der Waals surface area contributed by atoms with Crippen LogP contribution in [0.1, 0.15) is 11.9 Å². The molecule has 2 aliphatic rings. The largest absolute Gasteiger partial charge is 0.387 e. The highest BCUT2D eigenvalue weighted by molar-refractivity contribution is 5.16. The van der Waals surface area contributed by atoms with Crippen molar-refractivity contribution in [2.75, 3.05) is 13.7 Å². The Labute approximate surface area is 116 Å². The summed E-state index contributed by atoms with van der Waals surface area (Å²) in [5, 5.41) is 20.1. The summed E-state index contributed by atoms with van der Waals surface area (Å²) in [6.45, 7) is 0.272. The van der Waals surface area contributed by atoms with Crippen LogP contribution in [-0.2, 0) is 18.9 Å². The van der Waals surface area contributed by atoms with E-state index in [1.807, 2.05) is 30.3 Å². The summed E-state index contributed by atoms with van der Waals surface area (Å²) in [6.07, 6.45) is -4.76. The molecule has 110 valence electrons. The molecule has 0 aromatic heterocycles. The molecule has 1 aromatic rings. The van der Waals surface area contributed by atoms with Gasteiger partial charge in [-0.15, -0.1) is 0 Å². The van der Waals surface area contributed by atoms with Gasteiger partial charge in [0.05, 0.1) is 6.61 Å². The van der Waals surface area contributed by atoms with E-state index in [1.54, 1.807) is 0 Å². The maximum atomic E-state index is 10.1. The first kappa shape index (κ1) is 13.9. The summed E-state index contributed by atoms with van der Waals surface area (Å²) in [5.74, 6) is 0. The Morgan fingerprint density at radius 1 is 1.10 bits per heavy atom. The molecule has 0 unspecified atom stereocenters. The van der Waals surface area contributed by atoms with Crippen molar-refractivity contribution in [1.29, 1.82) is 0 Å². The van der Waals surface area contributed by atoms with Crippen LogP contribution in [0.3, 0.4) is 0 Å². The van der Waals surface area contributed by atoms with Crippen molar-refractivity contribution in [3.8, 4) is 0 Å². The molecule has 6 atom stereocenters. The van der Waals surface area contributed by atoms with Gasteiger partial charge in [-0.1, -0.05) is 30.3 Å². The number of ether oxygens (including phenoxy) is 4. The Hall–Kier alpha value is -1.02. The lowest BCUT2D eigenvalue weighted by molar-refractivity contribution is -0.358. The van der Waals surface area contributed by atoms with Crippen LogP contribution < -0.4 is 0 Å². The molecule has 0 aliphatic carbocycles. The molecular weight excluding hydrogens is 264 g/mol. The van der Waals surface area contributed by atoms with Gasteiger partial charge >= 0.3 is 0 Å². The van der Waals surface area contributed by atoms with Gasteiger partial charge in [-0.3, -0.25) is 0 Å². The second-order valence-electron chi connectivity index (χ2n) is 4.94. The second kappa shape index (κ2) is 5.77. The predicted molar refractivity (Wildman–Crippen MR) is 67.7 cm³/mol. The highest BCUT2D eigenvalue weighted by Gasteiger charge is 2.48. The quantitative estimate of drug-likeness (QED) is 0.806. The first-order valence-corrected chi connectivity index (χ1v) is 6.57. The third kappa shape index (κ3) is 2.46. The molecule has 6 nitrogen and oxygen atoms in total. The minimum absolute atomic E-state index is 0.272. The highest BCUT2D eigenvalue weighted by Crippen LogP contribution is 2.33. The monoisotopic (exact) mass is 282 g/mol. The summed E-state index contributed by atoms with van der Waals surface area (Å²) in [6, 6.07) is 9.45. The van der Waals surface area contributed by atoms with E-state index in [0.717, 1.165) is 5.56 Å². The molecule has 0 bridgehead atoms. The van der Waals surface area contributed by atoms with E-state index in [0.29, 0.717) is 0 Å². The molecular formula is C14H18O6. The third-order valence-corrected chi connectivity index (χ3v) is 3.64. The fourth-order valence-corrected chi connectivity index (χ4v) is 2.55. The Kier molecular flexibility index (Phi) is 4.02. The molecule has 2 saturated heterocycles. The first-order chi connectivity index (χ1) is 9.70. The molecule has 3 rings (SSSR count). The van der Waals surface area contributed by atoms with Gasteiger partial charge in [0.1, 0.15) is 24.4 Å². The van der Waals surface area contributed by atoms with E-state index < -0.39 is 37.0 Å². The molecule has 0 radical (unpaired) electrons. The van der Waals surface area contributed by atoms with E-state index in [1.165, 1.54) is 7.11 Å². The van der Waals surface area contributed by atoms with Crippen LogP contribution in [0, 0.1) is 0 Å². The number of rotatable bonds is 2. The lowest BCUT2D eigenvalue weighted by atomic mass is 9.98. The maximum absolute atomic E-state index is 10.1. The van der Waals surface area contributed by atoms with Crippen molar-refractivity contribution in [2.24, 2.45) is 0 Å². The number of hydrogen-bond acceptors (Lipinski definition) is 6. The molecule has 2 aliphatic heterocycles. The van der Waals surface area contributed by atoms with E-state index in [2.05, 4.69) is 0 Å². The van der Waals surface area contributed by atoms with Crippen LogP contribution in [0.25, 0.3) is 0 Å². The van der Waals surface area contributed by atoms with Crippen molar-refractivity contribution in [3.05, 3.63) is 35.9 Å². The lowest BCUT2D eigenvalue weighted by Crippen LogP contribution is -2.62. The molecule has 1 aromatic carbocycles. The fraction of sp³-hybridized carbons (Fsp3) is 0.571. The van der Waals surface area contributed by atoms with Gasteiger partial charge in [0.25, 0.3) is 0 Å². The summed E-state index contributed by atoms with van der Waals surface area (Å²) in [5.41, 5.74) is 0.863. The minimum Gasteiger partial charge on any atom is -0.387 e. The first-order valence-electron chi connectivity index (χ1n) is 6.57. The van der Waals surface area contributed by atoms with Gasteiger partial charge in [0, 0.05) is 12.7 Å². The Morgan fingerprint density at radius 2 is 1.85 bits per heavy atom. The summed E-state index contributed by atoms with van der Waals surface area (Å²) >= 11 is 0. The molecule has 0 saturated carbocycles. The standard InChI is InChI=1S/C14H18O6/c1-17-14-11(16)10(15)12-9(19-14)7-18-13(20-12)8-5-3-2-4-6-8/h2-6,9-16H,7H2,1H3/t9-,10-,11+,12+,13+,14+/m0/s1. The number of benzene rings is 1. The molecule has 6 heteroatoms. The average Bonchev–Trinajstić information content (AvgIpc) is 2.51. The van der Waals surface area contributed by atoms with Gasteiger partial charge in [0.2, 0.25) is 0 Å². The van der Waals surface area contributed by atoms with Crippen molar-refractivity contribution in [1.82, 2.24) is 0 Å². The van der Waals surface area contributed by atoms with Crippen LogP contribution in [0.15, 0.2) is 30.3 Å². The maximum Gasteiger partial charge on any atom is 0.186 e. The van der Waals surface area contributed by atoms with Gasteiger partial charge in [-0.05, 0) is 0 Å². The van der Waals surface area contributed by atoms with Crippen molar-refractivity contribution >= 4 is 0 Å². The number of aliphatic hydroxyl groups excluding tert-OH is 2. The summed E-state index contributed by atoms with van der Waals surface area (Å²) < 4.78 is 21.9. The van der Waals surface area contributed by atoms with Crippen LogP contribution in [-0.4, -0.2) is 54.6 Å². The fourth-order valence-electron chi connectivity index (χ4n) is 2.55. The molecule has 0 spiro atoms. The number of aliphatic hydroxyl groups is 2. The summed E-state index contributed by atoms with van der Waals surface area (Å²) in [7, 11) is 1.41. The van der Waals surface area contributed by atoms with Gasteiger partial charge in [0.15, 0.2) is 12.6 Å². The predicted octanol–water partition coefficient (Wildman–Crippen LogP) is 0.194. The second-order valence-corrected chi connectivity index (χ2v) is 4.94. The smallest absolute Gasteiger partial charge is 0.186 e. The zero-order chi connectivity index (χ0) is 14.1. The summed E-state index contributed by atoms with van der Waals surface area (Å²) in [4.78, 5) is 0. The van der Waals surface area contributed by atoms with Crippen LogP contribution in [0.4, 0.5) is 0 Å². The molecule has 2 heterocycles. The van der Waals surface area contributed by atoms with Crippen molar-refractivity contribution < 1.29 is 29.2 Å². The van der Waals surface area contributed by atoms with E-state index in [4.69, 9.17) is 18.9 Å². The van der Waals surface area contributed by atoms with Gasteiger partial charge in [-0.25, -0.2) is 0 Å². The third-order valence-electron chi connectivity index (χ3n) is 3.64. The zero-order valence-corrected chi connectivity index (χ0v) is 11.1. The zero-order valence-electron chi connectivity index (χ0n) is 11.1.